The van der Waals surface area contributed by atoms with Crippen molar-refractivity contribution in [2.75, 3.05) is 13.7 Å². The predicted octanol–water partition coefficient (Wildman–Crippen LogP) is 0.600. The van der Waals surface area contributed by atoms with Gasteiger partial charge in [0.2, 0.25) is 0 Å². The van der Waals surface area contributed by atoms with Crippen LogP contribution in [0.5, 0.6) is 0 Å². The minimum Gasteiger partial charge on any atom is -0.466 e. The third-order valence-electron chi connectivity index (χ3n) is 2.58. The van der Waals surface area contributed by atoms with Crippen LogP contribution in [0, 0.1) is 0 Å². The molecule has 1 rings (SSSR count). The fourth-order valence-electron chi connectivity index (χ4n) is 1.50. The van der Waals surface area contributed by atoms with Crippen molar-refractivity contribution in [2.24, 2.45) is 0 Å². The zero-order chi connectivity index (χ0) is 14.8. The van der Waals surface area contributed by atoms with Crippen molar-refractivity contribution in [3.8, 4) is 0 Å². The number of carbonyl (C=O) groups excluding carboxylic acids is 3. The molecule has 1 fully saturated rings. The van der Waals surface area contributed by atoms with Crippen LogP contribution < -0.4 is 0 Å². The Morgan fingerprint density at radius 3 is 2.47 bits per heavy atom. The highest BCUT2D eigenvalue weighted by Crippen LogP contribution is 2.41. The number of alkyl halides is 2. The van der Waals surface area contributed by atoms with Gasteiger partial charge in [-0.2, -0.15) is 8.78 Å². The topological polar surface area (TPSA) is 78.9 Å². The van der Waals surface area contributed by atoms with Gasteiger partial charge in [0.05, 0.1) is 13.7 Å². The molecule has 0 aromatic carbocycles. The SMILES string of the molecule is C=C(C)C(=O)OC1(C(=O)OC)CCOC(=O)C1(F)F. The molecule has 0 amide bonds. The zero-order valence-electron chi connectivity index (χ0n) is 10.3. The Bertz CT molecular complexity index is 444. The number of cyclic esters (lactones) is 1. The number of hydrogen-bond donors (Lipinski definition) is 0. The number of esters is 3. The molecule has 0 aromatic heterocycles. The van der Waals surface area contributed by atoms with Gasteiger partial charge >= 0.3 is 23.8 Å². The van der Waals surface area contributed by atoms with Crippen LogP contribution in [0.3, 0.4) is 0 Å². The lowest BCUT2D eigenvalue weighted by Crippen LogP contribution is -2.65. The summed E-state index contributed by atoms with van der Waals surface area (Å²) in [6.45, 7) is 3.94. The maximum Gasteiger partial charge on any atom is 0.392 e. The highest BCUT2D eigenvalue weighted by Gasteiger charge is 2.71. The zero-order valence-corrected chi connectivity index (χ0v) is 10.3. The quantitative estimate of drug-likeness (QED) is 0.427. The molecule has 0 aromatic rings. The van der Waals surface area contributed by atoms with Crippen LogP contribution in [-0.2, 0) is 28.6 Å². The second kappa shape index (κ2) is 4.94. The van der Waals surface area contributed by atoms with Crippen LogP contribution in [0.25, 0.3) is 0 Å². The maximum atomic E-state index is 13.9. The molecule has 1 aliphatic heterocycles. The van der Waals surface area contributed by atoms with Crippen LogP contribution in [0.1, 0.15) is 13.3 Å². The van der Waals surface area contributed by atoms with E-state index in [0.717, 1.165) is 7.11 Å². The molecule has 19 heavy (non-hydrogen) atoms. The van der Waals surface area contributed by atoms with Gasteiger partial charge in [-0.3, -0.25) is 0 Å². The molecule has 1 heterocycles. The fourth-order valence-corrected chi connectivity index (χ4v) is 1.50. The summed E-state index contributed by atoms with van der Waals surface area (Å²) in [5, 5.41) is 0. The van der Waals surface area contributed by atoms with Crippen LogP contribution in [0.4, 0.5) is 8.78 Å². The minimum atomic E-state index is -4.33. The number of hydrogen-bond acceptors (Lipinski definition) is 6. The number of ether oxygens (including phenoxy) is 3. The van der Waals surface area contributed by atoms with Crippen molar-refractivity contribution in [2.45, 2.75) is 24.9 Å². The molecule has 106 valence electrons. The largest absolute Gasteiger partial charge is 0.466 e. The van der Waals surface area contributed by atoms with Gasteiger partial charge in [0.25, 0.3) is 5.60 Å². The smallest absolute Gasteiger partial charge is 0.392 e. The standard InChI is InChI=1S/C11H12F2O6/c1-6(2)7(14)19-10(8(15)17-3)4-5-18-9(16)11(10,12)13/h1,4-5H2,2-3H3. The van der Waals surface area contributed by atoms with Gasteiger partial charge in [-0.15, -0.1) is 0 Å². The highest BCUT2D eigenvalue weighted by molar-refractivity contribution is 5.96. The van der Waals surface area contributed by atoms with Gasteiger partial charge in [-0.05, 0) is 6.92 Å². The first-order valence-corrected chi connectivity index (χ1v) is 5.21. The summed E-state index contributed by atoms with van der Waals surface area (Å²) < 4.78 is 40.7. The van der Waals surface area contributed by atoms with Crippen molar-refractivity contribution in [3.05, 3.63) is 12.2 Å². The number of carbonyl (C=O) groups is 3. The Balaban J connectivity index is 3.26. The third-order valence-corrected chi connectivity index (χ3v) is 2.58. The normalized spacial score (nSPS) is 25.2. The Kier molecular flexibility index (Phi) is 3.92. The summed E-state index contributed by atoms with van der Waals surface area (Å²) in [6.07, 6.45) is -0.697. The first-order valence-electron chi connectivity index (χ1n) is 5.21. The molecule has 6 nitrogen and oxygen atoms in total. The molecule has 0 radical (unpaired) electrons. The summed E-state index contributed by atoms with van der Waals surface area (Å²) in [4.78, 5) is 34.1. The van der Waals surface area contributed by atoms with Crippen molar-refractivity contribution in [1.82, 2.24) is 0 Å². The third kappa shape index (κ3) is 2.29. The van der Waals surface area contributed by atoms with Crippen molar-refractivity contribution < 1.29 is 37.4 Å². The van der Waals surface area contributed by atoms with E-state index < -0.39 is 42.5 Å². The van der Waals surface area contributed by atoms with Gasteiger partial charge in [-0.1, -0.05) is 6.58 Å². The fraction of sp³-hybridized carbons (Fsp3) is 0.545. The second-order valence-corrected chi connectivity index (χ2v) is 3.95. The van der Waals surface area contributed by atoms with Crippen molar-refractivity contribution in [1.29, 1.82) is 0 Å². The number of rotatable bonds is 3. The van der Waals surface area contributed by atoms with Crippen molar-refractivity contribution in [3.63, 3.8) is 0 Å². The average Bonchev–Trinajstić information content (AvgIpc) is 2.34. The average molecular weight is 278 g/mol. The lowest BCUT2D eigenvalue weighted by atomic mass is 9.89. The second-order valence-electron chi connectivity index (χ2n) is 3.95. The van der Waals surface area contributed by atoms with Gasteiger partial charge < -0.3 is 14.2 Å². The molecule has 0 bridgehead atoms. The Hall–Kier alpha value is -1.99. The van der Waals surface area contributed by atoms with Crippen LogP contribution in [0.15, 0.2) is 12.2 Å². The molecular weight excluding hydrogens is 266 g/mol. The van der Waals surface area contributed by atoms with Gasteiger partial charge in [0, 0.05) is 12.0 Å². The van der Waals surface area contributed by atoms with E-state index in [1.165, 1.54) is 6.92 Å². The first kappa shape index (κ1) is 15.1. The molecule has 1 saturated heterocycles. The Morgan fingerprint density at radius 1 is 1.42 bits per heavy atom. The van der Waals surface area contributed by atoms with Crippen LogP contribution in [-0.4, -0.2) is 43.1 Å². The van der Waals surface area contributed by atoms with Gasteiger partial charge in [0.1, 0.15) is 0 Å². The highest BCUT2D eigenvalue weighted by atomic mass is 19.3. The minimum absolute atomic E-state index is 0.196. The molecule has 0 saturated carbocycles. The van der Waals surface area contributed by atoms with Crippen LogP contribution in [0.2, 0.25) is 0 Å². The number of halogens is 2. The molecule has 0 spiro atoms. The Morgan fingerprint density at radius 2 is 2.00 bits per heavy atom. The van der Waals surface area contributed by atoms with E-state index in [1.54, 1.807) is 0 Å². The summed E-state index contributed by atoms with van der Waals surface area (Å²) >= 11 is 0. The van der Waals surface area contributed by atoms with Crippen molar-refractivity contribution >= 4 is 17.9 Å². The van der Waals surface area contributed by atoms with E-state index in [9.17, 15) is 23.2 Å². The molecule has 1 atom stereocenters. The predicted molar refractivity (Wildman–Crippen MR) is 56.2 cm³/mol. The maximum absolute atomic E-state index is 13.9. The molecular formula is C11H12F2O6. The van der Waals surface area contributed by atoms with E-state index in [0.29, 0.717) is 0 Å². The molecule has 1 unspecified atom stereocenters. The van der Waals surface area contributed by atoms with E-state index in [2.05, 4.69) is 20.8 Å². The van der Waals surface area contributed by atoms with Gasteiger partial charge in [-0.25, -0.2) is 14.4 Å². The lowest BCUT2D eigenvalue weighted by molar-refractivity contribution is -0.248. The summed E-state index contributed by atoms with van der Waals surface area (Å²) in [7, 11) is 0.842. The monoisotopic (exact) mass is 278 g/mol. The molecule has 1 aliphatic rings. The van der Waals surface area contributed by atoms with E-state index in [4.69, 9.17) is 0 Å². The van der Waals surface area contributed by atoms with E-state index >= 15 is 0 Å². The van der Waals surface area contributed by atoms with E-state index in [1.807, 2.05) is 0 Å². The number of methoxy groups -OCH3 is 1. The van der Waals surface area contributed by atoms with E-state index in [-0.39, 0.29) is 5.57 Å². The summed E-state index contributed by atoms with van der Waals surface area (Å²) in [5.74, 6) is -9.02. The first-order chi connectivity index (χ1) is 8.69. The molecule has 8 heteroatoms. The van der Waals surface area contributed by atoms with Gasteiger partial charge in [0.15, 0.2) is 0 Å². The molecule has 0 N–H and O–H groups in total. The lowest BCUT2D eigenvalue weighted by Gasteiger charge is -2.38. The molecule has 0 aliphatic carbocycles. The Labute approximate surface area is 107 Å². The van der Waals surface area contributed by atoms with Crippen LogP contribution >= 0.6 is 0 Å². The summed E-state index contributed by atoms with van der Waals surface area (Å²) in [5.41, 5.74) is -3.22. The summed E-state index contributed by atoms with van der Waals surface area (Å²) in [6, 6.07) is 0.